The lowest BCUT2D eigenvalue weighted by molar-refractivity contribution is 0.312. The van der Waals surface area contributed by atoms with Gasteiger partial charge in [-0.05, 0) is 55.3 Å². The van der Waals surface area contributed by atoms with E-state index in [1.54, 1.807) is 0 Å². The van der Waals surface area contributed by atoms with Crippen molar-refractivity contribution < 1.29 is 0 Å². The average Bonchev–Trinajstić information content (AvgIpc) is 2.85. The Bertz CT molecular complexity index is 692. The van der Waals surface area contributed by atoms with Crippen LogP contribution in [-0.2, 0) is 6.42 Å². The predicted molar refractivity (Wildman–Crippen MR) is 98.6 cm³/mol. The molecule has 4 heteroatoms. The summed E-state index contributed by atoms with van der Waals surface area (Å²) >= 11 is 0. The molecule has 4 nitrogen and oxygen atoms in total. The van der Waals surface area contributed by atoms with Gasteiger partial charge in [0.05, 0.1) is 6.04 Å². The Morgan fingerprint density at radius 3 is 2.79 bits per heavy atom. The fraction of sp³-hybridized carbons (Fsp3) is 0.450. The van der Waals surface area contributed by atoms with Gasteiger partial charge >= 0.3 is 0 Å². The van der Waals surface area contributed by atoms with E-state index in [9.17, 15) is 0 Å². The summed E-state index contributed by atoms with van der Waals surface area (Å²) in [5.41, 5.74) is 4.23. The van der Waals surface area contributed by atoms with Gasteiger partial charge in [-0.2, -0.15) is 0 Å². The Hall–Kier alpha value is -1.91. The summed E-state index contributed by atoms with van der Waals surface area (Å²) < 4.78 is 0. The van der Waals surface area contributed by atoms with Crippen molar-refractivity contribution in [2.24, 2.45) is 0 Å². The van der Waals surface area contributed by atoms with Gasteiger partial charge < -0.3 is 15.1 Å². The fourth-order valence-corrected chi connectivity index (χ4v) is 3.80. The molecule has 0 spiro atoms. The summed E-state index contributed by atoms with van der Waals surface area (Å²) in [7, 11) is 2.19. The molecule has 2 aliphatic heterocycles. The van der Waals surface area contributed by atoms with Gasteiger partial charge in [0.1, 0.15) is 5.82 Å². The van der Waals surface area contributed by atoms with Crippen LogP contribution in [0.4, 0.5) is 5.82 Å². The first kappa shape index (κ1) is 15.6. The lowest BCUT2D eigenvalue weighted by Gasteiger charge is -2.33. The lowest BCUT2D eigenvalue weighted by Crippen LogP contribution is -2.44. The van der Waals surface area contributed by atoms with Crippen LogP contribution >= 0.6 is 0 Å². The second-order valence-corrected chi connectivity index (χ2v) is 6.93. The maximum atomic E-state index is 4.64. The lowest BCUT2D eigenvalue weighted by atomic mass is 9.94. The van der Waals surface area contributed by atoms with Crippen LogP contribution in [0.25, 0.3) is 0 Å². The highest BCUT2D eigenvalue weighted by Gasteiger charge is 2.21. The molecule has 1 fully saturated rings. The molecule has 126 valence electrons. The largest absolute Gasteiger partial charge is 0.354 e. The smallest absolute Gasteiger partial charge is 0.128 e. The van der Waals surface area contributed by atoms with E-state index in [-0.39, 0.29) is 6.04 Å². The topological polar surface area (TPSA) is 31.4 Å². The normalized spacial score (nSPS) is 22.0. The second-order valence-electron chi connectivity index (χ2n) is 6.93. The van der Waals surface area contributed by atoms with E-state index < -0.39 is 0 Å². The first-order chi connectivity index (χ1) is 11.8. The molecule has 2 aromatic rings. The van der Waals surface area contributed by atoms with E-state index in [2.05, 4.69) is 63.5 Å². The Kier molecular flexibility index (Phi) is 4.50. The van der Waals surface area contributed by atoms with E-state index in [0.717, 1.165) is 45.0 Å². The molecule has 1 N–H and O–H groups in total. The minimum Gasteiger partial charge on any atom is -0.354 e. The molecule has 4 rings (SSSR count). The van der Waals surface area contributed by atoms with Crippen LogP contribution in [0.2, 0.25) is 0 Å². The van der Waals surface area contributed by atoms with E-state index in [1.807, 2.05) is 6.20 Å². The van der Waals surface area contributed by atoms with Crippen molar-refractivity contribution in [3.63, 3.8) is 0 Å². The van der Waals surface area contributed by atoms with Crippen LogP contribution in [0.3, 0.4) is 0 Å². The molecule has 24 heavy (non-hydrogen) atoms. The summed E-state index contributed by atoms with van der Waals surface area (Å²) in [5.74, 6) is 1.11. The number of fused-ring (bicyclic) bond motifs is 1. The van der Waals surface area contributed by atoms with Gasteiger partial charge in [0.25, 0.3) is 0 Å². The first-order valence-electron chi connectivity index (χ1n) is 9.02. The number of likely N-dealkylation sites (N-methyl/N-ethyl adjacent to an activating group) is 1. The van der Waals surface area contributed by atoms with Crippen LogP contribution in [0, 0.1) is 0 Å². The maximum Gasteiger partial charge on any atom is 0.128 e. The third-order valence-corrected chi connectivity index (χ3v) is 5.27. The molecule has 3 heterocycles. The zero-order chi connectivity index (χ0) is 16.4. The number of benzene rings is 1. The number of nitrogens with zero attached hydrogens (tertiary/aromatic N) is 3. The third-order valence-electron chi connectivity index (χ3n) is 5.27. The summed E-state index contributed by atoms with van der Waals surface area (Å²) in [4.78, 5) is 9.43. The number of aromatic nitrogens is 1. The number of hydrogen-bond acceptors (Lipinski definition) is 4. The molecule has 1 aromatic heterocycles. The zero-order valence-corrected chi connectivity index (χ0v) is 14.4. The van der Waals surface area contributed by atoms with Gasteiger partial charge in [-0.15, -0.1) is 0 Å². The summed E-state index contributed by atoms with van der Waals surface area (Å²) in [6.07, 6.45) is 4.33. The minimum absolute atomic E-state index is 0.276. The first-order valence-corrected chi connectivity index (χ1v) is 9.02. The molecular weight excluding hydrogens is 296 g/mol. The number of anilines is 1. The van der Waals surface area contributed by atoms with Crippen molar-refractivity contribution in [2.45, 2.75) is 18.9 Å². The molecule has 0 radical (unpaired) electrons. The van der Waals surface area contributed by atoms with Gasteiger partial charge in [0, 0.05) is 32.4 Å². The highest BCUT2D eigenvalue weighted by molar-refractivity contribution is 5.46. The van der Waals surface area contributed by atoms with Gasteiger partial charge in [-0.1, -0.05) is 24.3 Å². The number of pyridine rings is 1. The van der Waals surface area contributed by atoms with Gasteiger partial charge in [-0.25, -0.2) is 4.98 Å². The van der Waals surface area contributed by atoms with Crippen LogP contribution < -0.4 is 10.2 Å². The summed E-state index contributed by atoms with van der Waals surface area (Å²) in [6, 6.07) is 13.6. The van der Waals surface area contributed by atoms with E-state index in [0.29, 0.717) is 0 Å². The van der Waals surface area contributed by atoms with Crippen molar-refractivity contribution >= 4 is 5.82 Å². The number of piperazine rings is 1. The van der Waals surface area contributed by atoms with Crippen LogP contribution in [0.15, 0.2) is 42.6 Å². The Labute approximate surface area is 144 Å². The highest BCUT2D eigenvalue weighted by atomic mass is 15.3. The Morgan fingerprint density at radius 2 is 1.92 bits per heavy atom. The van der Waals surface area contributed by atoms with Crippen molar-refractivity contribution in [2.75, 3.05) is 44.7 Å². The van der Waals surface area contributed by atoms with Crippen molar-refractivity contribution in [3.05, 3.63) is 59.3 Å². The van der Waals surface area contributed by atoms with E-state index >= 15 is 0 Å². The molecule has 1 atom stereocenters. The SMILES string of the molecule is CN1CCN(c2cc(C3NCCCc4ccccc43)ccn2)CC1. The standard InChI is InChI=1S/C20H26N4/c1-23-11-13-24(14-12-23)19-15-17(8-10-21-19)20-18-7-3-2-5-16(18)6-4-9-22-20/h2-3,5,7-8,10,15,20,22H,4,6,9,11-14H2,1H3. The van der Waals surface area contributed by atoms with Crippen LogP contribution in [-0.4, -0.2) is 49.7 Å². The summed E-state index contributed by atoms with van der Waals surface area (Å²) in [6.45, 7) is 5.39. The highest BCUT2D eigenvalue weighted by Crippen LogP contribution is 2.29. The fourth-order valence-electron chi connectivity index (χ4n) is 3.80. The van der Waals surface area contributed by atoms with Crippen LogP contribution in [0.5, 0.6) is 0 Å². The van der Waals surface area contributed by atoms with Crippen LogP contribution in [0.1, 0.15) is 29.2 Å². The molecule has 0 aliphatic carbocycles. The monoisotopic (exact) mass is 322 g/mol. The number of nitrogens with one attached hydrogen (secondary N) is 1. The minimum atomic E-state index is 0.276. The molecular formula is C20H26N4. The zero-order valence-electron chi connectivity index (χ0n) is 14.4. The van der Waals surface area contributed by atoms with E-state index in [4.69, 9.17) is 0 Å². The molecule has 2 aliphatic rings. The second kappa shape index (κ2) is 6.91. The van der Waals surface area contributed by atoms with Gasteiger partial charge in [0.2, 0.25) is 0 Å². The van der Waals surface area contributed by atoms with E-state index in [1.165, 1.54) is 23.1 Å². The number of rotatable bonds is 2. The number of hydrogen-bond donors (Lipinski definition) is 1. The van der Waals surface area contributed by atoms with Crippen molar-refractivity contribution in [1.82, 2.24) is 15.2 Å². The average molecular weight is 322 g/mol. The van der Waals surface area contributed by atoms with Gasteiger partial charge in [-0.3, -0.25) is 0 Å². The maximum absolute atomic E-state index is 4.64. The molecule has 1 saturated heterocycles. The summed E-state index contributed by atoms with van der Waals surface area (Å²) in [5, 5.41) is 3.74. The Morgan fingerprint density at radius 1 is 1.08 bits per heavy atom. The van der Waals surface area contributed by atoms with Crippen molar-refractivity contribution in [3.8, 4) is 0 Å². The molecule has 0 saturated carbocycles. The van der Waals surface area contributed by atoms with Crippen molar-refractivity contribution in [1.29, 1.82) is 0 Å². The Balaban J connectivity index is 1.64. The van der Waals surface area contributed by atoms with Gasteiger partial charge in [0.15, 0.2) is 0 Å². The molecule has 1 aromatic carbocycles. The molecule has 1 unspecified atom stereocenters. The quantitative estimate of drug-likeness (QED) is 0.920. The predicted octanol–water partition coefficient (Wildman–Crippen LogP) is 2.46. The number of aryl methyl sites for hydroxylation is 1. The molecule has 0 bridgehead atoms. The third kappa shape index (κ3) is 3.17. The molecule has 0 amide bonds.